The lowest BCUT2D eigenvalue weighted by molar-refractivity contribution is -0.0983. The first-order valence-corrected chi connectivity index (χ1v) is 5.43. The molecule has 1 heterocycles. The van der Waals surface area contributed by atoms with Gasteiger partial charge in [-0.3, -0.25) is 0 Å². The fraction of sp³-hybridized carbons (Fsp3) is 0.583. The number of nitrogens with two attached hydrogens (primary N) is 1. The summed E-state index contributed by atoms with van der Waals surface area (Å²) < 4.78 is 5.52. The molecule has 0 aromatic carbocycles. The molecule has 0 fully saturated rings. The summed E-state index contributed by atoms with van der Waals surface area (Å²) in [6.07, 6.45) is 0.857. The van der Waals surface area contributed by atoms with Crippen molar-refractivity contribution in [3.8, 4) is 0 Å². The number of aryl methyl sites for hydroxylation is 1. The molecule has 16 heavy (non-hydrogen) atoms. The first kappa shape index (κ1) is 12.9. The van der Waals surface area contributed by atoms with Gasteiger partial charge in [-0.15, -0.1) is 0 Å². The van der Waals surface area contributed by atoms with E-state index in [9.17, 15) is 5.11 Å². The van der Waals surface area contributed by atoms with Gasteiger partial charge in [0.1, 0.15) is 11.9 Å². The summed E-state index contributed by atoms with van der Waals surface area (Å²) in [5.74, 6) is 0.361. The Labute approximate surface area is 96.5 Å². The van der Waals surface area contributed by atoms with Gasteiger partial charge >= 0.3 is 0 Å². The molecule has 0 aliphatic rings. The zero-order chi connectivity index (χ0) is 12.3. The number of nitrogens with zero attached hydrogens (tertiary/aromatic N) is 1. The topological polar surface area (TPSA) is 68.4 Å². The van der Waals surface area contributed by atoms with Gasteiger partial charge in [-0.25, -0.2) is 4.98 Å². The minimum atomic E-state index is -0.777. The van der Waals surface area contributed by atoms with Crippen LogP contribution in [0.1, 0.15) is 38.0 Å². The van der Waals surface area contributed by atoms with Crippen LogP contribution in [0.4, 0.5) is 5.82 Å². The van der Waals surface area contributed by atoms with Crippen LogP contribution in [-0.4, -0.2) is 22.3 Å². The number of aliphatic hydroxyl groups excluding tert-OH is 1. The predicted molar refractivity (Wildman–Crippen MR) is 64.1 cm³/mol. The number of hydrogen-bond acceptors (Lipinski definition) is 4. The molecule has 4 nitrogen and oxygen atoms in total. The number of ether oxygens (including phenoxy) is 1. The van der Waals surface area contributed by atoms with E-state index in [0.29, 0.717) is 18.0 Å². The van der Waals surface area contributed by atoms with E-state index in [1.54, 1.807) is 6.20 Å². The Morgan fingerprint density at radius 3 is 2.69 bits per heavy atom. The standard InChI is InChI=1S/C12H20N2O2/c1-5-16-12(3,4)10(15)9-8(2)6-7-14-11(9)13/h6-7,10,15H,5H2,1-4H3,(H2,13,14). The van der Waals surface area contributed by atoms with Crippen molar-refractivity contribution in [1.82, 2.24) is 4.98 Å². The summed E-state index contributed by atoms with van der Waals surface area (Å²) in [5.41, 5.74) is 6.70. The van der Waals surface area contributed by atoms with E-state index in [0.717, 1.165) is 5.56 Å². The number of aliphatic hydroxyl groups is 1. The van der Waals surface area contributed by atoms with Crippen LogP contribution in [-0.2, 0) is 4.74 Å². The van der Waals surface area contributed by atoms with E-state index in [4.69, 9.17) is 10.5 Å². The van der Waals surface area contributed by atoms with Crippen LogP contribution in [0.15, 0.2) is 12.3 Å². The molecule has 4 heteroatoms. The third-order valence-corrected chi connectivity index (χ3v) is 2.69. The second-order valence-corrected chi connectivity index (χ2v) is 4.37. The van der Waals surface area contributed by atoms with Gasteiger partial charge in [0, 0.05) is 18.4 Å². The Kier molecular flexibility index (Phi) is 3.88. The van der Waals surface area contributed by atoms with Gasteiger partial charge in [-0.1, -0.05) is 0 Å². The van der Waals surface area contributed by atoms with E-state index < -0.39 is 11.7 Å². The number of anilines is 1. The van der Waals surface area contributed by atoms with E-state index >= 15 is 0 Å². The van der Waals surface area contributed by atoms with Crippen molar-refractivity contribution < 1.29 is 9.84 Å². The Morgan fingerprint density at radius 2 is 2.19 bits per heavy atom. The summed E-state index contributed by atoms with van der Waals surface area (Å²) >= 11 is 0. The van der Waals surface area contributed by atoms with E-state index in [1.807, 2.05) is 33.8 Å². The molecular weight excluding hydrogens is 204 g/mol. The molecule has 1 unspecified atom stereocenters. The van der Waals surface area contributed by atoms with Crippen molar-refractivity contribution in [2.24, 2.45) is 0 Å². The lowest BCUT2D eigenvalue weighted by atomic mass is 9.92. The Morgan fingerprint density at radius 1 is 1.56 bits per heavy atom. The van der Waals surface area contributed by atoms with Crippen molar-refractivity contribution in [1.29, 1.82) is 0 Å². The van der Waals surface area contributed by atoms with Crippen LogP contribution in [0.2, 0.25) is 0 Å². The summed E-state index contributed by atoms with van der Waals surface area (Å²) in [5, 5.41) is 10.3. The molecule has 1 atom stereocenters. The third kappa shape index (κ3) is 2.51. The quantitative estimate of drug-likeness (QED) is 0.818. The van der Waals surface area contributed by atoms with E-state index in [2.05, 4.69) is 4.98 Å². The maximum Gasteiger partial charge on any atom is 0.129 e. The SMILES string of the molecule is CCOC(C)(C)C(O)c1c(C)ccnc1N. The molecule has 0 saturated carbocycles. The van der Waals surface area contributed by atoms with Crippen molar-refractivity contribution in [2.45, 2.75) is 39.4 Å². The largest absolute Gasteiger partial charge is 0.385 e. The number of rotatable bonds is 4. The van der Waals surface area contributed by atoms with Crippen molar-refractivity contribution in [2.75, 3.05) is 12.3 Å². The molecule has 1 aromatic rings. The van der Waals surface area contributed by atoms with Crippen LogP contribution >= 0.6 is 0 Å². The van der Waals surface area contributed by atoms with Gasteiger partial charge in [-0.05, 0) is 39.3 Å². The van der Waals surface area contributed by atoms with Crippen molar-refractivity contribution in [3.63, 3.8) is 0 Å². The number of aromatic nitrogens is 1. The maximum absolute atomic E-state index is 10.3. The van der Waals surface area contributed by atoms with Gasteiger partial charge in [0.25, 0.3) is 0 Å². The molecule has 0 bridgehead atoms. The first-order chi connectivity index (χ1) is 7.40. The Bertz CT molecular complexity index is 344. The minimum Gasteiger partial charge on any atom is -0.385 e. The zero-order valence-electron chi connectivity index (χ0n) is 10.3. The zero-order valence-corrected chi connectivity index (χ0v) is 10.3. The third-order valence-electron chi connectivity index (χ3n) is 2.69. The van der Waals surface area contributed by atoms with Crippen LogP contribution in [0.3, 0.4) is 0 Å². The normalized spacial score (nSPS) is 13.8. The first-order valence-electron chi connectivity index (χ1n) is 5.43. The number of pyridine rings is 1. The number of hydrogen-bond donors (Lipinski definition) is 2. The Balaban J connectivity index is 3.09. The average Bonchev–Trinajstić information content (AvgIpc) is 2.17. The highest BCUT2D eigenvalue weighted by Gasteiger charge is 2.32. The van der Waals surface area contributed by atoms with Crippen LogP contribution in [0, 0.1) is 6.92 Å². The molecule has 0 aliphatic heterocycles. The fourth-order valence-electron chi connectivity index (χ4n) is 1.74. The lowest BCUT2D eigenvalue weighted by Crippen LogP contribution is -2.33. The van der Waals surface area contributed by atoms with E-state index in [-0.39, 0.29) is 0 Å². The molecule has 0 amide bonds. The fourth-order valence-corrected chi connectivity index (χ4v) is 1.74. The summed E-state index contributed by atoms with van der Waals surface area (Å²) in [7, 11) is 0. The molecule has 1 aromatic heterocycles. The molecule has 3 N–H and O–H groups in total. The summed E-state index contributed by atoms with van der Waals surface area (Å²) in [4.78, 5) is 4.00. The number of nitrogen functional groups attached to an aromatic ring is 1. The highest BCUT2D eigenvalue weighted by atomic mass is 16.5. The molecule has 90 valence electrons. The van der Waals surface area contributed by atoms with E-state index in [1.165, 1.54) is 0 Å². The molecule has 0 saturated heterocycles. The van der Waals surface area contributed by atoms with Crippen molar-refractivity contribution in [3.05, 3.63) is 23.4 Å². The van der Waals surface area contributed by atoms with Gasteiger partial charge < -0.3 is 15.6 Å². The molecule has 0 radical (unpaired) electrons. The molecular formula is C12H20N2O2. The molecule has 1 rings (SSSR count). The lowest BCUT2D eigenvalue weighted by Gasteiger charge is -2.31. The van der Waals surface area contributed by atoms with Crippen LogP contribution in [0.5, 0.6) is 0 Å². The monoisotopic (exact) mass is 224 g/mol. The van der Waals surface area contributed by atoms with Crippen LogP contribution in [0.25, 0.3) is 0 Å². The molecule has 0 spiro atoms. The summed E-state index contributed by atoms with van der Waals surface area (Å²) in [6.45, 7) is 8.02. The van der Waals surface area contributed by atoms with Crippen molar-refractivity contribution >= 4 is 5.82 Å². The van der Waals surface area contributed by atoms with Gasteiger partial charge in [0.15, 0.2) is 0 Å². The average molecular weight is 224 g/mol. The highest BCUT2D eigenvalue weighted by molar-refractivity contribution is 5.46. The van der Waals surface area contributed by atoms with Gasteiger partial charge in [-0.2, -0.15) is 0 Å². The van der Waals surface area contributed by atoms with Crippen LogP contribution < -0.4 is 5.73 Å². The maximum atomic E-state index is 10.3. The smallest absolute Gasteiger partial charge is 0.129 e. The Hall–Kier alpha value is -1.13. The second kappa shape index (κ2) is 4.80. The second-order valence-electron chi connectivity index (χ2n) is 4.37. The highest BCUT2D eigenvalue weighted by Crippen LogP contribution is 2.33. The minimum absolute atomic E-state index is 0.361. The molecule has 0 aliphatic carbocycles. The summed E-state index contributed by atoms with van der Waals surface area (Å²) in [6, 6.07) is 1.83. The van der Waals surface area contributed by atoms with Gasteiger partial charge in [0.2, 0.25) is 0 Å². The van der Waals surface area contributed by atoms with Gasteiger partial charge in [0.05, 0.1) is 5.60 Å². The predicted octanol–water partition coefficient (Wildman–Crippen LogP) is 1.82.